The summed E-state index contributed by atoms with van der Waals surface area (Å²) in [6, 6.07) is 8.36. The smallest absolute Gasteiger partial charge is 0 e. The molecule has 0 saturated heterocycles. The minimum Gasteiger partial charge on any atom is -0.0620 e. The van der Waals surface area contributed by atoms with Crippen LogP contribution in [0, 0.1) is 13.8 Å². The van der Waals surface area contributed by atoms with E-state index in [4.69, 9.17) is 0 Å². The van der Waals surface area contributed by atoms with Gasteiger partial charge in [-0.15, -0.1) is 0 Å². The van der Waals surface area contributed by atoms with Crippen LogP contribution in [0.2, 0.25) is 0 Å². The van der Waals surface area contributed by atoms with Crippen molar-refractivity contribution in [3.8, 4) is 0 Å². The first-order valence-corrected chi connectivity index (χ1v) is 2.83. The Bertz CT molecular complexity index is 161. The van der Waals surface area contributed by atoms with Crippen molar-refractivity contribution in [2.45, 2.75) is 13.8 Å². The third-order valence-electron chi connectivity index (χ3n) is 1.43. The summed E-state index contributed by atoms with van der Waals surface area (Å²) >= 11 is 0. The van der Waals surface area contributed by atoms with Gasteiger partial charge in [0.05, 0.1) is 0 Å². The Kier molecular flexibility index (Phi) is 2.96. The molecule has 0 aliphatic carbocycles. The van der Waals surface area contributed by atoms with Crippen molar-refractivity contribution in [1.29, 1.82) is 0 Å². The summed E-state index contributed by atoms with van der Waals surface area (Å²) in [4.78, 5) is 0. The topological polar surface area (TPSA) is 28.5 Å². The maximum atomic E-state index is 2.12. The summed E-state index contributed by atoms with van der Waals surface area (Å²) < 4.78 is 0. The molecule has 1 aromatic rings. The number of aryl methyl sites for hydroxylation is 2. The zero-order valence-corrected chi connectivity index (χ0v) is 5.72. The first-order valence-electron chi connectivity index (χ1n) is 2.83. The van der Waals surface area contributed by atoms with Crippen molar-refractivity contribution in [2.75, 3.05) is 0 Å². The Morgan fingerprint density at radius 1 is 0.889 bits per heavy atom. The van der Waals surface area contributed by atoms with Gasteiger partial charge in [0.25, 0.3) is 0 Å². The summed E-state index contributed by atoms with van der Waals surface area (Å²) in [6.45, 7) is 4.24. The normalized spacial score (nSPS) is 8.22. The lowest BCUT2D eigenvalue weighted by molar-refractivity contribution is 0.686. The Labute approximate surface area is 55.6 Å². The van der Waals surface area contributed by atoms with Crippen molar-refractivity contribution in [2.24, 2.45) is 0 Å². The van der Waals surface area contributed by atoms with E-state index in [1.807, 2.05) is 0 Å². The molecule has 9 heavy (non-hydrogen) atoms. The van der Waals surface area contributed by atoms with E-state index in [0.29, 0.717) is 0 Å². The molecule has 0 saturated carbocycles. The highest BCUT2D eigenvalue weighted by Crippen LogP contribution is 2.02. The van der Waals surface area contributed by atoms with Crippen molar-refractivity contribution in [1.82, 2.24) is 0 Å². The summed E-state index contributed by atoms with van der Waals surface area (Å²) in [5, 5.41) is 0. The molecular formula is C8H10O. The van der Waals surface area contributed by atoms with Gasteiger partial charge >= 0.3 is 0 Å². The predicted molar refractivity (Wildman–Crippen MR) is 36.6 cm³/mol. The molecule has 0 fully saturated rings. The average Bonchev–Trinajstić information content (AvgIpc) is 1.77. The maximum Gasteiger partial charge on any atom is 0 e. The van der Waals surface area contributed by atoms with E-state index in [1.54, 1.807) is 0 Å². The molecular weight excluding hydrogens is 112 g/mol. The third kappa shape index (κ3) is 1.86. The number of hydrogen-bond donors (Lipinski definition) is 0. The molecule has 1 nitrogen and oxygen atoms in total. The SMILES string of the molecule is Cc1ccccc1C.[O]. The van der Waals surface area contributed by atoms with Crippen molar-refractivity contribution in [3.05, 3.63) is 35.4 Å². The van der Waals surface area contributed by atoms with Crippen LogP contribution in [0.1, 0.15) is 11.1 Å². The van der Waals surface area contributed by atoms with Crippen molar-refractivity contribution in [3.63, 3.8) is 0 Å². The molecule has 1 heteroatoms. The summed E-state index contributed by atoms with van der Waals surface area (Å²) in [5.74, 6) is 0. The molecule has 0 bridgehead atoms. The lowest BCUT2D eigenvalue weighted by Crippen LogP contribution is -1.74. The number of hydrogen-bond acceptors (Lipinski definition) is 0. The van der Waals surface area contributed by atoms with Crippen LogP contribution in [0.5, 0.6) is 0 Å². The van der Waals surface area contributed by atoms with Gasteiger partial charge in [-0.1, -0.05) is 24.3 Å². The quantitative estimate of drug-likeness (QED) is 0.504. The van der Waals surface area contributed by atoms with Gasteiger partial charge in [-0.05, 0) is 25.0 Å². The molecule has 48 valence electrons. The molecule has 2 radical (unpaired) electrons. The molecule has 0 unspecified atom stereocenters. The number of benzene rings is 1. The fraction of sp³-hybridized carbons (Fsp3) is 0.250. The second kappa shape index (κ2) is 3.25. The summed E-state index contributed by atoms with van der Waals surface area (Å²) in [5.41, 5.74) is 2.74. The Morgan fingerprint density at radius 3 is 1.44 bits per heavy atom. The number of rotatable bonds is 0. The maximum absolute atomic E-state index is 2.12. The summed E-state index contributed by atoms with van der Waals surface area (Å²) in [6.07, 6.45) is 0. The Morgan fingerprint density at radius 2 is 1.22 bits per heavy atom. The van der Waals surface area contributed by atoms with Gasteiger partial charge in [0, 0.05) is 5.48 Å². The van der Waals surface area contributed by atoms with Crippen LogP contribution < -0.4 is 0 Å². The van der Waals surface area contributed by atoms with E-state index >= 15 is 0 Å². The molecule has 0 aliphatic rings. The minimum absolute atomic E-state index is 0. The van der Waals surface area contributed by atoms with Crippen LogP contribution >= 0.6 is 0 Å². The van der Waals surface area contributed by atoms with Crippen molar-refractivity contribution < 1.29 is 5.48 Å². The van der Waals surface area contributed by atoms with E-state index in [-0.39, 0.29) is 5.48 Å². The van der Waals surface area contributed by atoms with E-state index in [0.717, 1.165) is 0 Å². The second-order valence-corrected chi connectivity index (χ2v) is 2.08. The zero-order chi connectivity index (χ0) is 5.98. The highest BCUT2D eigenvalue weighted by atomic mass is 16.0. The van der Waals surface area contributed by atoms with Crippen LogP contribution in [-0.2, 0) is 5.48 Å². The van der Waals surface area contributed by atoms with Gasteiger partial charge in [-0.2, -0.15) is 0 Å². The van der Waals surface area contributed by atoms with Crippen LogP contribution in [0.4, 0.5) is 0 Å². The largest absolute Gasteiger partial charge is 0.0620 e. The van der Waals surface area contributed by atoms with Crippen LogP contribution in [-0.4, -0.2) is 0 Å². The van der Waals surface area contributed by atoms with E-state index in [1.165, 1.54) is 11.1 Å². The second-order valence-electron chi connectivity index (χ2n) is 2.08. The van der Waals surface area contributed by atoms with E-state index in [9.17, 15) is 0 Å². The third-order valence-corrected chi connectivity index (χ3v) is 1.43. The van der Waals surface area contributed by atoms with Crippen molar-refractivity contribution >= 4 is 0 Å². The van der Waals surface area contributed by atoms with Crippen LogP contribution in [0.15, 0.2) is 24.3 Å². The van der Waals surface area contributed by atoms with Gasteiger partial charge < -0.3 is 0 Å². The standard InChI is InChI=1S/C8H10.O/c1-7-5-3-4-6-8(7)2;/h3-6H,1-2H3;. The highest BCUT2D eigenvalue weighted by molar-refractivity contribution is 5.23. The van der Waals surface area contributed by atoms with Gasteiger partial charge in [-0.3, -0.25) is 0 Å². The molecule has 0 amide bonds. The first-order chi connectivity index (χ1) is 3.80. The fourth-order valence-corrected chi connectivity index (χ4v) is 0.663. The lowest BCUT2D eigenvalue weighted by Gasteiger charge is -1.93. The Balaban J connectivity index is 0.000000640. The fourth-order valence-electron chi connectivity index (χ4n) is 0.663. The Hall–Kier alpha value is -0.820. The van der Waals surface area contributed by atoms with Gasteiger partial charge in [0.1, 0.15) is 0 Å². The molecule has 0 heterocycles. The predicted octanol–water partition coefficient (Wildman–Crippen LogP) is 2.18. The highest BCUT2D eigenvalue weighted by Gasteiger charge is 1.83. The monoisotopic (exact) mass is 122 g/mol. The molecule has 0 aliphatic heterocycles. The van der Waals surface area contributed by atoms with E-state index in [2.05, 4.69) is 38.1 Å². The van der Waals surface area contributed by atoms with Gasteiger partial charge in [0.15, 0.2) is 0 Å². The first kappa shape index (κ1) is 8.18. The molecule has 0 aromatic heterocycles. The molecule has 0 spiro atoms. The molecule has 1 rings (SSSR count). The van der Waals surface area contributed by atoms with Crippen LogP contribution in [0.3, 0.4) is 0 Å². The van der Waals surface area contributed by atoms with Gasteiger partial charge in [0.2, 0.25) is 0 Å². The average molecular weight is 122 g/mol. The van der Waals surface area contributed by atoms with Gasteiger partial charge in [-0.25, -0.2) is 0 Å². The summed E-state index contributed by atoms with van der Waals surface area (Å²) in [7, 11) is 0. The lowest BCUT2D eigenvalue weighted by atomic mass is 10.1. The minimum atomic E-state index is 0. The molecule has 1 aromatic carbocycles. The zero-order valence-electron chi connectivity index (χ0n) is 5.72. The van der Waals surface area contributed by atoms with E-state index < -0.39 is 0 Å². The van der Waals surface area contributed by atoms with Crippen LogP contribution in [0.25, 0.3) is 0 Å². The molecule has 0 atom stereocenters. The molecule has 0 N–H and O–H groups in total.